The number of amides is 2. The molecule has 0 radical (unpaired) electrons. The Bertz CT molecular complexity index is 1000. The van der Waals surface area contributed by atoms with E-state index in [0.29, 0.717) is 17.8 Å². The molecule has 2 amide bonds. The van der Waals surface area contributed by atoms with E-state index in [2.05, 4.69) is 10.6 Å². The normalized spacial score (nSPS) is 17.5. The molecule has 0 aliphatic carbocycles. The highest BCUT2D eigenvalue weighted by atomic mass is 32.2. The maximum atomic E-state index is 13.0. The molecule has 2 N–H and O–H groups in total. The minimum absolute atomic E-state index is 0.0509. The summed E-state index contributed by atoms with van der Waals surface area (Å²) in [5, 5.41) is 5.26. The number of anilines is 1. The number of sulfonamides is 1. The van der Waals surface area contributed by atoms with Crippen LogP contribution in [0.2, 0.25) is 0 Å². The summed E-state index contributed by atoms with van der Waals surface area (Å²) in [7, 11) is -2.10. The molecular weight excluding hydrogens is 390 g/mol. The van der Waals surface area contributed by atoms with Crippen molar-refractivity contribution >= 4 is 27.5 Å². The number of rotatable bonds is 5. The van der Waals surface area contributed by atoms with Gasteiger partial charge in [-0.1, -0.05) is 12.5 Å². The van der Waals surface area contributed by atoms with Crippen LogP contribution < -0.4 is 10.6 Å². The Morgan fingerprint density at radius 2 is 1.72 bits per heavy atom. The number of carbonyl (C=O) groups excluding carboxylic acids is 2. The van der Waals surface area contributed by atoms with Gasteiger partial charge in [-0.15, -0.1) is 0 Å². The minimum Gasteiger partial charge on any atom is -0.355 e. The van der Waals surface area contributed by atoms with Gasteiger partial charge >= 0.3 is 0 Å². The lowest BCUT2D eigenvalue weighted by atomic mass is 10.1. The third-order valence-electron chi connectivity index (χ3n) is 5.08. The molecule has 1 aliphatic rings. The van der Waals surface area contributed by atoms with Crippen LogP contribution in [0.25, 0.3) is 0 Å². The second-order valence-electron chi connectivity index (χ2n) is 7.10. The van der Waals surface area contributed by atoms with E-state index < -0.39 is 15.9 Å². The van der Waals surface area contributed by atoms with E-state index >= 15 is 0 Å². The summed E-state index contributed by atoms with van der Waals surface area (Å²) in [6.07, 6.45) is 2.70. The second kappa shape index (κ2) is 8.75. The number of benzene rings is 2. The van der Waals surface area contributed by atoms with E-state index in [9.17, 15) is 18.0 Å². The van der Waals surface area contributed by atoms with Crippen LogP contribution in [0, 0.1) is 0 Å². The number of hydrogen-bond acceptors (Lipinski definition) is 4. The van der Waals surface area contributed by atoms with E-state index in [1.807, 2.05) is 6.92 Å². The molecule has 3 rings (SSSR count). The first-order valence-corrected chi connectivity index (χ1v) is 11.0. The van der Waals surface area contributed by atoms with Crippen LogP contribution >= 0.6 is 0 Å². The van der Waals surface area contributed by atoms with E-state index in [1.54, 1.807) is 43.4 Å². The number of carbonyl (C=O) groups is 2. The van der Waals surface area contributed by atoms with E-state index in [0.717, 1.165) is 19.3 Å². The fourth-order valence-electron chi connectivity index (χ4n) is 3.41. The lowest BCUT2D eigenvalue weighted by Gasteiger charge is -2.32. The lowest BCUT2D eigenvalue weighted by molar-refractivity contribution is 0.0962. The largest absolute Gasteiger partial charge is 0.355 e. The molecule has 0 aromatic heterocycles. The maximum absolute atomic E-state index is 13.0. The summed E-state index contributed by atoms with van der Waals surface area (Å²) in [6.45, 7) is 2.41. The zero-order chi connectivity index (χ0) is 21.0. The van der Waals surface area contributed by atoms with Gasteiger partial charge in [0.05, 0.1) is 4.90 Å². The third kappa shape index (κ3) is 4.65. The fourth-order valence-corrected chi connectivity index (χ4v) is 5.16. The zero-order valence-corrected chi connectivity index (χ0v) is 17.3. The van der Waals surface area contributed by atoms with Gasteiger partial charge in [0.1, 0.15) is 0 Å². The summed E-state index contributed by atoms with van der Waals surface area (Å²) in [5.74, 6) is -0.630. The van der Waals surface area contributed by atoms with Crippen LogP contribution in [0.4, 0.5) is 5.69 Å². The van der Waals surface area contributed by atoms with Gasteiger partial charge in [0.2, 0.25) is 10.0 Å². The molecule has 1 fully saturated rings. The average molecular weight is 416 g/mol. The van der Waals surface area contributed by atoms with Gasteiger partial charge in [0, 0.05) is 36.4 Å². The maximum Gasteiger partial charge on any atom is 0.255 e. The first-order valence-electron chi connectivity index (χ1n) is 9.58. The predicted molar refractivity (Wildman–Crippen MR) is 111 cm³/mol. The Morgan fingerprint density at radius 3 is 2.38 bits per heavy atom. The molecule has 2 aromatic carbocycles. The summed E-state index contributed by atoms with van der Waals surface area (Å²) in [6, 6.07) is 12.5. The monoisotopic (exact) mass is 415 g/mol. The summed E-state index contributed by atoms with van der Waals surface area (Å²) >= 11 is 0. The van der Waals surface area contributed by atoms with Crippen molar-refractivity contribution in [1.29, 1.82) is 0 Å². The molecular formula is C21H25N3O4S. The Morgan fingerprint density at radius 1 is 1.00 bits per heavy atom. The van der Waals surface area contributed by atoms with Crippen molar-refractivity contribution in [3.8, 4) is 0 Å². The molecule has 1 heterocycles. The molecule has 7 nitrogen and oxygen atoms in total. The Hall–Kier alpha value is -2.71. The summed E-state index contributed by atoms with van der Waals surface area (Å²) in [5.41, 5.74) is 1.25. The Labute approximate surface area is 171 Å². The van der Waals surface area contributed by atoms with Crippen LogP contribution in [0.3, 0.4) is 0 Å². The van der Waals surface area contributed by atoms with Crippen LogP contribution in [0.1, 0.15) is 46.9 Å². The van der Waals surface area contributed by atoms with E-state index in [1.165, 1.54) is 16.4 Å². The third-order valence-corrected chi connectivity index (χ3v) is 7.09. The van der Waals surface area contributed by atoms with Gasteiger partial charge in [-0.25, -0.2) is 8.42 Å². The van der Waals surface area contributed by atoms with Crippen molar-refractivity contribution in [2.24, 2.45) is 0 Å². The molecule has 1 saturated heterocycles. The van der Waals surface area contributed by atoms with Crippen molar-refractivity contribution in [2.75, 3.05) is 18.9 Å². The van der Waals surface area contributed by atoms with Gasteiger partial charge in [-0.05, 0) is 62.2 Å². The quantitative estimate of drug-likeness (QED) is 0.785. The molecule has 1 atom stereocenters. The standard InChI is InChI=1S/C21H25N3O4S/c1-15-6-3-4-13-24(15)29(27,28)19-8-5-7-17(14-19)21(26)23-18-11-9-16(10-12-18)20(25)22-2/h5,7-12,14-15H,3-4,6,13H2,1-2H3,(H,22,25)(H,23,26)/t15-/m0/s1. The van der Waals surface area contributed by atoms with Crippen molar-refractivity contribution in [3.63, 3.8) is 0 Å². The highest BCUT2D eigenvalue weighted by molar-refractivity contribution is 7.89. The number of piperidine rings is 1. The molecule has 154 valence electrons. The van der Waals surface area contributed by atoms with Gasteiger partial charge in [0.15, 0.2) is 0 Å². The van der Waals surface area contributed by atoms with E-state index in [-0.39, 0.29) is 22.4 Å². The van der Waals surface area contributed by atoms with Crippen molar-refractivity contribution in [1.82, 2.24) is 9.62 Å². The molecule has 0 saturated carbocycles. The molecule has 0 spiro atoms. The highest BCUT2D eigenvalue weighted by Gasteiger charge is 2.31. The van der Waals surface area contributed by atoms with Crippen molar-refractivity contribution in [2.45, 2.75) is 37.1 Å². The fraction of sp³-hybridized carbons (Fsp3) is 0.333. The summed E-state index contributed by atoms with van der Waals surface area (Å²) in [4.78, 5) is 24.3. The smallest absolute Gasteiger partial charge is 0.255 e. The molecule has 29 heavy (non-hydrogen) atoms. The van der Waals surface area contributed by atoms with Crippen LogP contribution in [-0.4, -0.2) is 44.2 Å². The highest BCUT2D eigenvalue weighted by Crippen LogP contribution is 2.25. The van der Waals surface area contributed by atoms with Crippen molar-refractivity contribution in [3.05, 3.63) is 59.7 Å². The predicted octanol–water partition coefficient (Wildman–Crippen LogP) is 2.86. The first kappa shape index (κ1) is 21.0. The average Bonchev–Trinajstić information content (AvgIpc) is 2.74. The Balaban J connectivity index is 1.78. The minimum atomic E-state index is -3.65. The van der Waals surface area contributed by atoms with E-state index in [4.69, 9.17) is 0 Å². The van der Waals surface area contributed by atoms with Crippen LogP contribution in [0.15, 0.2) is 53.4 Å². The van der Waals surface area contributed by atoms with Crippen LogP contribution in [-0.2, 0) is 10.0 Å². The molecule has 1 aliphatic heterocycles. The van der Waals surface area contributed by atoms with Gasteiger partial charge in [-0.2, -0.15) is 4.31 Å². The summed E-state index contributed by atoms with van der Waals surface area (Å²) < 4.78 is 27.6. The topological polar surface area (TPSA) is 95.6 Å². The lowest BCUT2D eigenvalue weighted by Crippen LogP contribution is -2.41. The Kier molecular flexibility index (Phi) is 6.34. The van der Waals surface area contributed by atoms with Crippen LogP contribution in [0.5, 0.6) is 0 Å². The second-order valence-corrected chi connectivity index (χ2v) is 8.99. The number of hydrogen-bond donors (Lipinski definition) is 2. The first-order chi connectivity index (χ1) is 13.8. The molecule has 8 heteroatoms. The van der Waals surface area contributed by atoms with Crippen molar-refractivity contribution < 1.29 is 18.0 Å². The van der Waals surface area contributed by atoms with Gasteiger partial charge in [0.25, 0.3) is 11.8 Å². The number of nitrogens with zero attached hydrogens (tertiary/aromatic N) is 1. The molecule has 0 unspecified atom stereocenters. The van der Waals surface area contributed by atoms with Gasteiger partial charge in [-0.3, -0.25) is 9.59 Å². The SMILES string of the molecule is CNC(=O)c1ccc(NC(=O)c2cccc(S(=O)(=O)N3CCCC[C@@H]3C)c2)cc1. The zero-order valence-electron chi connectivity index (χ0n) is 16.5. The molecule has 0 bridgehead atoms. The molecule has 2 aromatic rings. The van der Waals surface area contributed by atoms with Gasteiger partial charge < -0.3 is 10.6 Å². The number of nitrogens with one attached hydrogen (secondary N) is 2.